The van der Waals surface area contributed by atoms with Gasteiger partial charge in [-0.2, -0.15) is 0 Å². The van der Waals surface area contributed by atoms with Gasteiger partial charge in [0.1, 0.15) is 6.61 Å². The monoisotopic (exact) mass is 334 g/mol. The van der Waals surface area contributed by atoms with E-state index in [0.29, 0.717) is 12.0 Å². The SMILES string of the molecule is CCCCCCCCCC(CC(C)O)OCC(=O)c1ccccc1. The number of carbonyl (C=O) groups is 1. The van der Waals surface area contributed by atoms with Crippen molar-refractivity contribution in [3.63, 3.8) is 0 Å². The average molecular weight is 335 g/mol. The van der Waals surface area contributed by atoms with Gasteiger partial charge in [-0.1, -0.05) is 82.2 Å². The second-order valence-corrected chi connectivity index (χ2v) is 6.72. The molecule has 0 aliphatic rings. The molecule has 0 saturated heterocycles. The zero-order valence-corrected chi connectivity index (χ0v) is 15.4. The number of carbonyl (C=O) groups excluding carboxylic acids is 1. The number of Topliss-reactive ketones (excluding diaryl/α,β-unsaturated/α-hetero) is 1. The lowest BCUT2D eigenvalue weighted by atomic mass is 10.0. The largest absolute Gasteiger partial charge is 0.393 e. The summed E-state index contributed by atoms with van der Waals surface area (Å²) in [6.45, 7) is 4.10. The molecular formula is C21H34O3. The van der Waals surface area contributed by atoms with Crippen molar-refractivity contribution in [1.29, 1.82) is 0 Å². The summed E-state index contributed by atoms with van der Waals surface area (Å²) in [6, 6.07) is 9.24. The van der Waals surface area contributed by atoms with Crippen molar-refractivity contribution in [1.82, 2.24) is 0 Å². The highest BCUT2D eigenvalue weighted by atomic mass is 16.5. The summed E-state index contributed by atoms with van der Waals surface area (Å²) in [5.74, 6) is 0.00533. The van der Waals surface area contributed by atoms with E-state index in [-0.39, 0.29) is 18.5 Å². The lowest BCUT2D eigenvalue weighted by Gasteiger charge is -2.19. The second-order valence-electron chi connectivity index (χ2n) is 6.72. The summed E-state index contributed by atoms with van der Waals surface area (Å²) in [7, 11) is 0. The molecule has 0 radical (unpaired) electrons. The lowest BCUT2D eigenvalue weighted by Crippen LogP contribution is -2.22. The predicted octanol–water partition coefficient (Wildman–Crippen LogP) is 5.17. The third kappa shape index (κ3) is 9.84. The Hall–Kier alpha value is -1.19. The number of aliphatic hydroxyl groups is 1. The van der Waals surface area contributed by atoms with Gasteiger partial charge in [0.2, 0.25) is 0 Å². The van der Waals surface area contributed by atoms with Gasteiger partial charge in [-0.05, 0) is 19.8 Å². The van der Waals surface area contributed by atoms with E-state index in [4.69, 9.17) is 4.74 Å². The molecule has 0 aliphatic carbocycles. The first-order chi connectivity index (χ1) is 11.6. The van der Waals surface area contributed by atoms with Crippen LogP contribution < -0.4 is 0 Å². The molecule has 2 atom stereocenters. The van der Waals surface area contributed by atoms with Crippen LogP contribution in [-0.4, -0.2) is 29.7 Å². The molecule has 0 saturated carbocycles. The van der Waals surface area contributed by atoms with Gasteiger partial charge in [0, 0.05) is 5.56 Å². The predicted molar refractivity (Wildman–Crippen MR) is 99.4 cm³/mol. The van der Waals surface area contributed by atoms with Crippen LogP contribution in [0.25, 0.3) is 0 Å². The normalized spacial score (nSPS) is 13.6. The van der Waals surface area contributed by atoms with Gasteiger partial charge in [0.15, 0.2) is 5.78 Å². The van der Waals surface area contributed by atoms with Crippen LogP contribution in [0.15, 0.2) is 30.3 Å². The number of hydrogen-bond acceptors (Lipinski definition) is 3. The molecule has 0 spiro atoms. The van der Waals surface area contributed by atoms with E-state index in [0.717, 1.165) is 12.8 Å². The van der Waals surface area contributed by atoms with Crippen LogP contribution >= 0.6 is 0 Å². The Kier molecular flexibility index (Phi) is 11.4. The van der Waals surface area contributed by atoms with Gasteiger partial charge >= 0.3 is 0 Å². The minimum Gasteiger partial charge on any atom is -0.393 e. The highest BCUT2D eigenvalue weighted by Gasteiger charge is 2.15. The maximum Gasteiger partial charge on any atom is 0.188 e. The molecule has 0 aliphatic heterocycles. The lowest BCUT2D eigenvalue weighted by molar-refractivity contribution is 0.0146. The first kappa shape index (κ1) is 20.9. The molecule has 0 heterocycles. The third-order valence-corrected chi connectivity index (χ3v) is 4.28. The Morgan fingerprint density at radius 2 is 1.67 bits per heavy atom. The van der Waals surface area contributed by atoms with E-state index >= 15 is 0 Å². The highest BCUT2D eigenvalue weighted by molar-refractivity contribution is 5.96. The topological polar surface area (TPSA) is 46.5 Å². The van der Waals surface area contributed by atoms with Gasteiger partial charge in [-0.15, -0.1) is 0 Å². The molecule has 24 heavy (non-hydrogen) atoms. The van der Waals surface area contributed by atoms with Crippen molar-refractivity contribution >= 4 is 5.78 Å². The van der Waals surface area contributed by atoms with Crippen LogP contribution in [-0.2, 0) is 4.74 Å². The van der Waals surface area contributed by atoms with Gasteiger partial charge in [-0.25, -0.2) is 0 Å². The van der Waals surface area contributed by atoms with Gasteiger partial charge in [0.05, 0.1) is 12.2 Å². The van der Waals surface area contributed by atoms with E-state index in [1.165, 1.54) is 38.5 Å². The molecule has 0 bridgehead atoms. The van der Waals surface area contributed by atoms with E-state index in [2.05, 4.69) is 6.92 Å². The maximum atomic E-state index is 12.1. The molecule has 3 nitrogen and oxygen atoms in total. The van der Waals surface area contributed by atoms with E-state index in [1.807, 2.05) is 30.3 Å². The first-order valence-electron chi connectivity index (χ1n) is 9.51. The summed E-state index contributed by atoms with van der Waals surface area (Å²) < 4.78 is 5.80. The number of ether oxygens (including phenoxy) is 1. The van der Waals surface area contributed by atoms with Crippen molar-refractivity contribution in [2.24, 2.45) is 0 Å². The fourth-order valence-electron chi connectivity index (χ4n) is 2.88. The van der Waals surface area contributed by atoms with E-state index in [9.17, 15) is 9.90 Å². The number of hydrogen-bond donors (Lipinski definition) is 1. The van der Waals surface area contributed by atoms with Gasteiger partial charge in [0.25, 0.3) is 0 Å². The summed E-state index contributed by atoms with van der Waals surface area (Å²) >= 11 is 0. The van der Waals surface area contributed by atoms with Crippen molar-refractivity contribution in [3.05, 3.63) is 35.9 Å². The molecule has 1 rings (SSSR count). The minimum atomic E-state index is -0.397. The third-order valence-electron chi connectivity index (χ3n) is 4.28. The molecule has 136 valence electrons. The quantitative estimate of drug-likeness (QED) is 0.377. The number of ketones is 1. The summed E-state index contributed by atoms with van der Waals surface area (Å²) in [4.78, 5) is 12.1. The first-order valence-corrected chi connectivity index (χ1v) is 9.51. The van der Waals surface area contributed by atoms with Crippen molar-refractivity contribution in [2.45, 2.75) is 83.8 Å². The Bertz CT molecular complexity index is 428. The second kappa shape index (κ2) is 13.1. The number of benzene rings is 1. The molecule has 0 amide bonds. The summed E-state index contributed by atoms with van der Waals surface area (Å²) in [5, 5.41) is 9.64. The Balaban J connectivity index is 2.27. The van der Waals surface area contributed by atoms with Crippen LogP contribution in [0.2, 0.25) is 0 Å². The van der Waals surface area contributed by atoms with Crippen molar-refractivity contribution in [2.75, 3.05) is 6.61 Å². The fourth-order valence-corrected chi connectivity index (χ4v) is 2.88. The fraction of sp³-hybridized carbons (Fsp3) is 0.667. The Morgan fingerprint density at radius 3 is 2.29 bits per heavy atom. The molecule has 0 fully saturated rings. The minimum absolute atomic E-state index is 0.00533. The maximum absolute atomic E-state index is 12.1. The summed E-state index contributed by atoms with van der Waals surface area (Å²) in [6.07, 6.45) is 9.90. The van der Waals surface area contributed by atoms with Crippen LogP contribution in [0.4, 0.5) is 0 Å². The molecule has 2 unspecified atom stereocenters. The Morgan fingerprint density at radius 1 is 1.04 bits per heavy atom. The van der Waals surface area contributed by atoms with Crippen molar-refractivity contribution in [3.8, 4) is 0 Å². The van der Waals surface area contributed by atoms with Gasteiger partial charge < -0.3 is 9.84 Å². The van der Waals surface area contributed by atoms with Crippen molar-refractivity contribution < 1.29 is 14.6 Å². The smallest absolute Gasteiger partial charge is 0.188 e. The average Bonchev–Trinajstić information content (AvgIpc) is 2.58. The molecular weight excluding hydrogens is 300 g/mol. The van der Waals surface area contributed by atoms with E-state index in [1.54, 1.807) is 6.92 Å². The summed E-state index contributed by atoms with van der Waals surface area (Å²) in [5.41, 5.74) is 0.684. The standard InChI is InChI=1S/C21H34O3/c1-3-4-5-6-7-8-12-15-20(16-18(2)22)24-17-21(23)19-13-10-9-11-14-19/h9-11,13-14,18,20,22H,3-8,12,15-17H2,1-2H3. The molecule has 0 aromatic heterocycles. The van der Waals surface area contributed by atoms with Crippen LogP contribution in [0.1, 0.15) is 82.0 Å². The zero-order chi connectivity index (χ0) is 17.6. The van der Waals surface area contributed by atoms with Crippen LogP contribution in [0.5, 0.6) is 0 Å². The Labute approximate surface area is 147 Å². The number of aliphatic hydroxyl groups excluding tert-OH is 1. The molecule has 1 aromatic rings. The van der Waals surface area contributed by atoms with Crippen LogP contribution in [0.3, 0.4) is 0 Å². The molecule has 3 heteroatoms. The van der Waals surface area contributed by atoms with Gasteiger partial charge in [-0.3, -0.25) is 4.79 Å². The molecule has 1 N–H and O–H groups in total. The number of unbranched alkanes of at least 4 members (excludes halogenated alkanes) is 6. The van der Waals surface area contributed by atoms with E-state index < -0.39 is 6.10 Å². The highest BCUT2D eigenvalue weighted by Crippen LogP contribution is 2.15. The molecule has 1 aromatic carbocycles. The zero-order valence-electron chi connectivity index (χ0n) is 15.4. The van der Waals surface area contributed by atoms with Crippen LogP contribution in [0, 0.1) is 0 Å². The number of rotatable bonds is 14.